The lowest BCUT2D eigenvalue weighted by Gasteiger charge is -2.15. The molecule has 1 amide bonds. The van der Waals surface area contributed by atoms with E-state index in [0.29, 0.717) is 5.56 Å². The highest BCUT2D eigenvalue weighted by Gasteiger charge is 2.26. The zero-order chi connectivity index (χ0) is 18.2. The van der Waals surface area contributed by atoms with Gasteiger partial charge in [0.2, 0.25) is 11.9 Å². The van der Waals surface area contributed by atoms with Gasteiger partial charge in [0.25, 0.3) is 0 Å². The highest BCUT2D eigenvalue weighted by molar-refractivity contribution is 7.87. The third-order valence-corrected chi connectivity index (χ3v) is 5.24. The molecule has 130 valence electrons. The van der Waals surface area contributed by atoms with Crippen molar-refractivity contribution in [3.05, 3.63) is 23.8 Å². The van der Waals surface area contributed by atoms with Crippen LogP contribution in [-0.2, 0) is 19.8 Å². The van der Waals surface area contributed by atoms with E-state index in [4.69, 9.17) is 5.11 Å². The first kappa shape index (κ1) is 17.9. The van der Waals surface area contributed by atoms with Gasteiger partial charge in [-0.3, -0.25) is 14.9 Å². The molecule has 1 unspecified atom stereocenters. The molecule has 24 heavy (non-hydrogen) atoms. The third kappa shape index (κ3) is 3.10. The number of rotatable bonds is 5. The summed E-state index contributed by atoms with van der Waals surface area (Å²) in [6, 6.07) is 4.51. The summed E-state index contributed by atoms with van der Waals surface area (Å²) < 4.78 is 27.0. The molecule has 9 nitrogen and oxygen atoms in total. The fourth-order valence-corrected chi connectivity index (χ4v) is 3.15. The lowest BCUT2D eigenvalue weighted by Crippen LogP contribution is -2.30. The summed E-state index contributed by atoms with van der Waals surface area (Å²) >= 11 is 0. The minimum absolute atomic E-state index is 0.147. The number of hydrogen-bond acceptors (Lipinski definition) is 5. The fraction of sp³-hybridized carbons (Fsp3) is 0.357. The molecule has 0 saturated carbocycles. The van der Waals surface area contributed by atoms with Gasteiger partial charge in [-0.2, -0.15) is 16.7 Å². The highest BCUT2D eigenvalue weighted by Crippen LogP contribution is 2.26. The number of nitrogens with one attached hydrogen (secondary N) is 1. The summed E-state index contributed by atoms with van der Waals surface area (Å²) in [6.07, 6.45) is 0. The van der Waals surface area contributed by atoms with Gasteiger partial charge in [-0.15, -0.1) is 0 Å². The van der Waals surface area contributed by atoms with Crippen molar-refractivity contribution in [2.75, 3.05) is 19.4 Å². The minimum Gasteiger partial charge on any atom is -0.481 e. The summed E-state index contributed by atoms with van der Waals surface area (Å²) in [7, 11) is -1.21. The summed E-state index contributed by atoms with van der Waals surface area (Å²) in [4.78, 5) is 26.6. The second-order valence-electron chi connectivity index (χ2n) is 5.48. The van der Waals surface area contributed by atoms with E-state index in [0.717, 1.165) is 8.28 Å². The molecular formula is C14H18N4O5S. The van der Waals surface area contributed by atoms with Gasteiger partial charge >= 0.3 is 16.2 Å². The van der Waals surface area contributed by atoms with Crippen LogP contribution in [0.5, 0.6) is 0 Å². The van der Waals surface area contributed by atoms with Gasteiger partial charge in [-0.25, -0.2) is 4.98 Å². The SMILES string of the molecule is CC(=O)Nc1nc2cc(C(C)C(=O)O)ccc2n1S(=O)(=O)N(C)C. The average molecular weight is 354 g/mol. The van der Waals surface area contributed by atoms with Gasteiger partial charge in [-0.1, -0.05) is 6.07 Å². The van der Waals surface area contributed by atoms with Crippen LogP contribution in [0, 0.1) is 0 Å². The number of imidazole rings is 1. The lowest BCUT2D eigenvalue weighted by atomic mass is 10.0. The largest absolute Gasteiger partial charge is 0.481 e. The van der Waals surface area contributed by atoms with Crippen LogP contribution in [0.2, 0.25) is 0 Å². The number of aromatic nitrogens is 2. The molecule has 2 N–H and O–H groups in total. The zero-order valence-corrected chi connectivity index (χ0v) is 14.5. The average Bonchev–Trinajstić information content (AvgIpc) is 2.82. The second kappa shape index (κ2) is 6.21. The maximum atomic E-state index is 12.5. The number of nitrogens with zero attached hydrogens (tertiary/aromatic N) is 3. The number of amides is 1. The Labute approximate surface area is 139 Å². The van der Waals surface area contributed by atoms with Crippen molar-refractivity contribution in [1.82, 2.24) is 13.3 Å². The van der Waals surface area contributed by atoms with Gasteiger partial charge in [0.05, 0.1) is 17.0 Å². The summed E-state index contributed by atoms with van der Waals surface area (Å²) in [5.74, 6) is -2.39. The van der Waals surface area contributed by atoms with Crippen molar-refractivity contribution in [3.8, 4) is 0 Å². The van der Waals surface area contributed by atoms with Crippen LogP contribution in [0.4, 0.5) is 5.95 Å². The Morgan fingerprint density at radius 2 is 1.96 bits per heavy atom. The van der Waals surface area contributed by atoms with Crippen molar-refractivity contribution in [2.45, 2.75) is 19.8 Å². The van der Waals surface area contributed by atoms with Gasteiger partial charge in [-0.05, 0) is 24.6 Å². The Hall–Kier alpha value is -2.46. The molecule has 0 aliphatic heterocycles. The standard InChI is InChI=1S/C14H18N4O5S/c1-8(13(20)21)10-5-6-12-11(7-10)16-14(15-9(2)19)18(12)24(22,23)17(3)4/h5-8H,1-4H3,(H,20,21)(H,15,16,19). The van der Waals surface area contributed by atoms with E-state index in [1.54, 1.807) is 0 Å². The molecule has 2 aromatic rings. The van der Waals surface area contributed by atoms with E-state index in [1.165, 1.54) is 46.1 Å². The predicted octanol–water partition coefficient (Wildman–Crippen LogP) is 0.837. The number of aliphatic carboxylic acids is 1. The van der Waals surface area contributed by atoms with Crippen LogP contribution in [-0.4, -0.2) is 52.8 Å². The van der Waals surface area contributed by atoms with E-state index in [1.807, 2.05) is 0 Å². The monoisotopic (exact) mass is 354 g/mol. The zero-order valence-electron chi connectivity index (χ0n) is 13.6. The number of hydrogen-bond donors (Lipinski definition) is 2. The van der Waals surface area contributed by atoms with Crippen molar-refractivity contribution < 1.29 is 23.1 Å². The number of anilines is 1. The van der Waals surface area contributed by atoms with Crippen molar-refractivity contribution in [3.63, 3.8) is 0 Å². The van der Waals surface area contributed by atoms with Crippen LogP contribution >= 0.6 is 0 Å². The Balaban J connectivity index is 2.75. The Bertz CT molecular complexity index is 917. The van der Waals surface area contributed by atoms with E-state index in [9.17, 15) is 18.0 Å². The minimum atomic E-state index is -3.93. The Morgan fingerprint density at radius 3 is 2.46 bits per heavy atom. The number of benzene rings is 1. The van der Waals surface area contributed by atoms with Gasteiger partial charge in [0.1, 0.15) is 0 Å². The number of carbonyl (C=O) groups excluding carboxylic acids is 1. The molecule has 0 saturated heterocycles. The molecule has 0 radical (unpaired) electrons. The van der Waals surface area contributed by atoms with Gasteiger partial charge in [0, 0.05) is 21.0 Å². The molecule has 0 bridgehead atoms. The maximum Gasteiger partial charge on any atom is 0.310 e. The maximum absolute atomic E-state index is 12.5. The molecule has 1 atom stereocenters. The molecule has 0 spiro atoms. The molecule has 0 aliphatic carbocycles. The first-order valence-electron chi connectivity index (χ1n) is 7.01. The molecule has 1 aromatic heterocycles. The Morgan fingerprint density at radius 1 is 1.33 bits per heavy atom. The van der Waals surface area contributed by atoms with E-state index < -0.39 is 28.0 Å². The Kier molecular flexibility index (Phi) is 4.63. The number of carboxylic acid groups (broad SMARTS) is 1. The van der Waals surface area contributed by atoms with E-state index in [-0.39, 0.29) is 17.0 Å². The summed E-state index contributed by atoms with van der Waals surface area (Å²) in [5, 5.41) is 11.5. The normalized spacial score (nSPS) is 13.2. The second-order valence-corrected chi connectivity index (χ2v) is 7.47. The first-order valence-corrected chi connectivity index (χ1v) is 8.41. The molecule has 2 rings (SSSR count). The smallest absolute Gasteiger partial charge is 0.310 e. The number of carboxylic acids is 1. The molecule has 1 aromatic carbocycles. The number of carbonyl (C=O) groups is 2. The van der Waals surface area contributed by atoms with Crippen LogP contribution < -0.4 is 5.32 Å². The lowest BCUT2D eigenvalue weighted by molar-refractivity contribution is -0.138. The van der Waals surface area contributed by atoms with E-state index >= 15 is 0 Å². The molecule has 10 heteroatoms. The molecule has 0 fully saturated rings. The fourth-order valence-electron chi connectivity index (χ4n) is 2.12. The van der Waals surface area contributed by atoms with Crippen LogP contribution in [0.15, 0.2) is 18.2 Å². The van der Waals surface area contributed by atoms with Crippen molar-refractivity contribution in [1.29, 1.82) is 0 Å². The third-order valence-electron chi connectivity index (χ3n) is 3.49. The molecular weight excluding hydrogens is 336 g/mol. The van der Waals surface area contributed by atoms with E-state index in [2.05, 4.69) is 10.3 Å². The van der Waals surface area contributed by atoms with Gasteiger partial charge < -0.3 is 5.11 Å². The van der Waals surface area contributed by atoms with Crippen molar-refractivity contribution >= 4 is 39.1 Å². The number of fused-ring (bicyclic) bond motifs is 1. The van der Waals surface area contributed by atoms with Crippen molar-refractivity contribution in [2.24, 2.45) is 0 Å². The topological polar surface area (TPSA) is 122 Å². The van der Waals surface area contributed by atoms with Crippen LogP contribution in [0.3, 0.4) is 0 Å². The van der Waals surface area contributed by atoms with Crippen LogP contribution in [0.25, 0.3) is 11.0 Å². The highest BCUT2D eigenvalue weighted by atomic mass is 32.2. The van der Waals surface area contributed by atoms with Gasteiger partial charge in [0.15, 0.2) is 0 Å². The molecule has 1 heterocycles. The first-order chi connectivity index (χ1) is 11.1. The molecule has 0 aliphatic rings. The predicted molar refractivity (Wildman–Crippen MR) is 88.1 cm³/mol. The summed E-state index contributed by atoms with van der Waals surface area (Å²) in [6.45, 7) is 2.76. The summed E-state index contributed by atoms with van der Waals surface area (Å²) in [5.41, 5.74) is 1.000. The van der Waals surface area contributed by atoms with Crippen LogP contribution in [0.1, 0.15) is 25.3 Å². The quantitative estimate of drug-likeness (QED) is 0.820.